The van der Waals surface area contributed by atoms with E-state index in [0.717, 1.165) is 54.0 Å². The molecule has 3 aromatic rings. The van der Waals surface area contributed by atoms with Gasteiger partial charge in [0.25, 0.3) is 0 Å². The summed E-state index contributed by atoms with van der Waals surface area (Å²) in [5.41, 5.74) is 3.09. The zero-order valence-corrected chi connectivity index (χ0v) is 23.7. The first-order valence-electron chi connectivity index (χ1n) is 14.4. The van der Waals surface area contributed by atoms with Crippen LogP contribution < -0.4 is 14.5 Å². The van der Waals surface area contributed by atoms with Crippen molar-refractivity contribution in [3.05, 3.63) is 71.4 Å². The van der Waals surface area contributed by atoms with Gasteiger partial charge in [-0.15, -0.1) is 0 Å². The maximum absolute atomic E-state index is 13.3. The number of piperidine rings is 1. The average Bonchev–Trinajstić information content (AvgIpc) is 3.51. The number of aromatic nitrogens is 1. The molecule has 1 aromatic heterocycles. The lowest BCUT2D eigenvalue weighted by Crippen LogP contribution is -2.54. The van der Waals surface area contributed by atoms with Gasteiger partial charge < -0.3 is 24.5 Å². The molecule has 0 saturated carbocycles. The topological polar surface area (TPSA) is 75.9 Å². The molecule has 1 N–H and O–H groups in total. The van der Waals surface area contributed by atoms with Crippen LogP contribution in [0.15, 0.2) is 54.7 Å². The highest BCUT2D eigenvalue weighted by atomic mass is 19.4. The van der Waals surface area contributed by atoms with Gasteiger partial charge in [-0.2, -0.15) is 18.4 Å². The minimum absolute atomic E-state index is 0.00924. The number of hydrogen-bond donors (Lipinski definition) is 1. The number of nitrogens with zero attached hydrogens (tertiary/aromatic N) is 5. The Morgan fingerprint density at radius 3 is 2.55 bits per heavy atom. The molecule has 0 radical (unpaired) electrons. The van der Waals surface area contributed by atoms with Crippen molar-refractivity contribution in [1.29, 1.82) is 5.26 Å². The van der Waals surface area contributed by atoms with E-state index in [1.54, 1.807) is 6.20 Å². The summed E-state index contributed by atoms with van der Waals surface area (Å²) in [4.78, 5) is 10.9. The first-order valence-corrected chi connectivity index (χ1v) is 14.4. The number of anilines is 2. The van der Waals surface area contributed by atoms with E-state index in [1.165, 1.54) is 6.07 Å². The fourth-order valence-electron chi connectivity index (χ4n) is 7.02. The van der Waals surface area contributed by atoms with Crippen molar-refractivity contribution in [2.24, 2.45) is 0 Å². The van der Waals surface area contributed by atoms with E-state index in [1.807, 2.05) is 30.0 Å². The fraction of sp³-hybridized carbons (Fsp3) is 0.438. The van der Waals surface area contributed by atoms with E-state index in [2.05, 4.69) is 40.0 Å². The number of likely N-dealkylation sites (N-methyl/N-ethyl adjacent to an activating group) is 1. The molecule has 42 heavy (non-hydrogen) atoms. The summed E-state index contributed by atoms with van der Waals surface area (Å²) >= 11 is 0. The van der Waals surface area contributed by atoms with Crippen molar-refractivity contribution in [3.63, 3.8) is 0 Å². The molecule has 0 amide bonds. The Morgan fingerprint density at radius 1 is 1.10 bits per heavy atom. The highest BCUT2D eigenvalue weighted by molar-refractivity contribution is 5.77. The standard InChI is InChI=1S/C32H34F3N5O2/c1-3-42-29-25(5-4-13-37-29)21-6-8-26-28(18-21)40(24-10-14-38(2)20-24)30(41)31(26)11-15-39(16-12-31)27-9-7-23(32(33,34)35)17-22(27)19-36/h4-9,13,17-18,24,30,41H,3,10-12,14-16,20H2,1-2H3. The molecular formula is C32H34F3N5O2. The average molecular weight is 578 g/mol. The second-order valence-corrected chi connectivity index (χ2v) is 11.5. The summed E-state index contributed by atoms with van der Waals surface area (Å²) in [5.74, 6) is 0.568. The molecule has 2 aromatic carbocycles. The third-order valence-corrected chi connectivity index (χ3v) is 9.13. The van der Waals surface area contributed by atoms with Gasteiger partial charge in [0.05, 0.1) is 23.4 Å². The number of likely N-dealkylation sites (tertiary alicyclic amines) is 1. The Labute approximate surface area is 243 Å². The molecule has 220 valence electrons. The van der Waals surface area contributed by atoms with Crippen LogP contribution >= 0.6 is 0 Å². The van der Waals surface area contributed by atoms with Crippen LogP contribution in [0.1, 0.15) is 42.9 Å². The Bertz CT molecular complexity index is 1510. The minimum Gasteiger partial charge on any atom is -0.478 e. The number of pyridine rings is 1. The fourth-order valence-corrected chi connectivity index (χ4v) is 7.02. The van der Waals surface area contributed by atoms with Crippen LogP contribution in [0.4, 0.5) is 24.5 Å². The number of hydrogen-bond acceptors (Lipinski definition) is 7. The van der Waals surface area contributed by atoms with Gasteiger partial charge in [0.15, 0.2) is 0 Å². The van der Waals surface area contributed by atoms with Gasteiger partial charge in [-0.05, 0) is 87.3 Å². The van der Waals surface area contributed by atoms with Crippen molar-refractivity contribution in [2.75, 3.05) is 49.6 Å². The highest BCUT2D eigenvalue weighted by Gasteiger charge is 2.54. The number of halogens is 3. The van der Waals surface area contributed by atoms with E-state index in [9.17, 15) is 23.5 Å². The molecule has 0 aliphatic carbocycles. The number of fused-ring (bicyclic) bond motifs is 2. The molecule has 0 bridgehead atoms. The van der Waals surface area contributed by atoms with Crippen LogP contribution in [0.25, 0.3) is 11.1 Å². The van der Waals surface area contributed by atoms with Gasteiger partial charge in [-0.25, -0.2) is 4.98 Å². The van der Waals surface area contributed by atoms with Crippen molar-refractivity contribution in [1.82, 2.24) is 9.88 Å². The molecule has 3 aliphatic heterocycles. The van der Waals surface area contributed by atoms with Crippen LogP contribution in [0.2, 0.25) is 0 Å². The van der Waals surface area contributed by atoms with Crippen LogP contribution in [0, 0.1) is 11.3 Å². The third-order valence-electron chi connectivity index (χ3n) is 9.13. The van der Waals surface area contributed by atoms with Crippen LogP contribution in [0.5, 0.6) is 5.88 Å². The number of ether oxygens (including phenoxy) is 1. The van der Waals surface area contributed by atoms with Crippen molar-refractivity contribution in [2.45, 2.75) is 50.0 Å². The summed E-state index contributed by atoms with van der Waals surface area (Å²) in [6.45, 7) is 5.24. The van der Waals surface area contributed by atoms with Crippen LogP contribution in [-0.4, -0.2) is 67.1 Å². The van der Waals surface area contributed by atoms with Crippen molar-refractivity contribution < 1.29 is 23.0 Å². The Balaban J connectivity index is 1.35. The summed E-state index contributed by atoms with van der Waals surface area (Å²) in [6, 6.07) is 15.7. The molecule has 2 fully saturated rings. The third kappa shape index (κ3) is 4.74. The SMILES string of the molecule is CCOc1ncccc1-c1ccc2c(c1)N(C1CCN(C)C1)C(O)C21CCN(c2ccc(C(F)(F)F)cc2C#N)CC1. The number of rotatable bonds is 5. The quantitative estimate of drug-likeness (QED) is 0.434. The highest BCUT2D eigenvalue weighted by Crippen LogP contribution is 2.53. The summed E-state index contributed by atoms with van der Waals surface area (Å²) in [5, 5.41) is 21.7. The number of alkyl halides is 3. The molecule has 10 heteroatoms. The second kappa shape index (κ2) is 10.8. The molecule has 4 heterocycles. The van der Waals surface area contributed by atoms with E-state index < -0.39 is 23.4 Å². The lowest BCUT2D eigenvalue weighted by molar-refractivity contribution is -0.137. The molecule has 3 aliphatic rings. The minimum atomic E-state index is -4.51. The van der Waals surface area contributed by atoms with Crippen molar-refractivity contribution in [3.8, 4) is 23.1 Å². The number of aliphatic hydroxyl groups is 1. The van der Waals surface area contributed by atoms with Gasteiger partial charge in [-0.3, -0.25) is 0 Å². The lowest BCUT2D eigenvalue weighted by atomic mass is 9.72. The smallest absolute Gasteiger partial charge is 0.416 e. The van der Waals surface area contributed by atoms with E-state index in [4.69, 9.17) is 4.74 Å². The molecule has 7 nitrogen and oxygen atoms in total. The van der Waals surface area contributed by atoms with Crippen molar-refractivity contribution >= 4 is 11.4 Å². The first kappa shape index (κ1) is 28.3. The lowest BCUT2D eigenvalue weighted by Gasteiger charge is -2.44. The predicted molar refractivity (Wildman–Crippen MR) is 155 cm³/mol. The number of benzene rings is 2. The normalized spacial score (nSPS) is 21.9. The zero-order valence-electron chi connectivity index (χ0n) is 23.7. The number of nitriles is 1. The van der Waals surface area contributed by atoms with Crippen LogP contribution in [-0.2, 0) is 11.6 Å². The Morgan fingerprint density at radius 2 is 1.88 bits per heavy atom. The van der Waals surface area contributed by atoms with Gasteiger partial charge in [-0.1, -0.05) is 12.1 Å². The van der Waals surface area contributed by atoms with E-state index in [0.29, 0.717) is 44.1 Å². The maximum atomic E-state index is 13.3. The molecule has 2 unspecified atom stereocenters. The summed E-state index contributed by atoms with van der Waals surface area (Å²) in [7, 11) is 2.09. The summed E-state index contributed by atoms with van der Waals surface area (Å²) in [6.07, 6.45) is -1.41. The first-order chi connectivity index (χ1) is 20.2. The van der Waals surface area contributed by atoms with Crippen LogP contribution in [0.3, 0.4) is 0 Å². The molecular weight excluding hydrogens is 543 g/mol. The molecule has 2 atom stereocenters. The Hall–Kier alpha value is -3.81. The van der Waals surface area contributed by atoms with Gasteiger partial charge in [0.1, 0.15) is 12.3 Å². The molecule has 2 saturated heterocycles. The zero-order chi connectivity index (χ0) is 29.6. The van der Waals surface area contributed by atoms with E-state index in [-0.39, 0.29) is 11.6 Å². The van der Waals surface area contributed by atoms with Gasteiger partial charge in [0.2, 0.25) is 5.88 Å². The number of aliphatic hydroxyl groups excluding tert-OH is 1. The predicted octanol–water partition coefficient (Wildman–Crippen LogP) is 5.42. The molecule has 1 spiro atoms. The Kier molecular flexibility index (Phi) is 7.27. The monoisotopic (exact) mass is 577 g/mol. The summed E-state index contributed by atoms with van der Waals surface area (Å²) < 4.78 is 45.6. The van der Waals surface area contributed by atoms with Gasteiger partial charge >= 0.3 is 6.18 Å². The van der Waals surface area contributed by atoms with Gasteiger partial charge in [0, 0.05) is 48.5 Å². The maximum Gasteiger partial charge on any atom is 0.416 e. The van der Waals surface area contributed by atoms with E-state index >= 15 is 0 Å². The molecule has 6 rings (SSSR count). The largest absolute Gasteiger partial charge is 0.478 e. The second-order valence-electron chi connectivity index (χ2n) is 11.5.